The second-order valence-corrected chi connectivity index (χ2v) is 6.29. The van der Waals surface area contributed by atoms with Crippen molar-refractivity contribution in [2.75, 3.05) is 6.61 Å². The Balaban J connectivity index is 2.02. The molecule has 7 heteroatoms. The number of benzene rings is 2. The lowest BCUT2D eigenvalue weighted by Crippen LogP contribution is -2.16. The molecular formula is C22H15F3N2O2. The Hall–Kier alpha value is -3.66. The number of carbonyl (C=O) groups is 1. The predicted molar refractivity (Wildman–Crippen MR) is 100 cm³/mol. The van der Waals surface area contributed by atoms with Gasteiger partial charge >= 0.3 is 6.18 Å². The second kappa shape index (κ2) is 8.15. The molecule has 29 heavy (non-hydrogen) atoms. The van der Waals surface area contributed by atoms with E-state index >= 15 is 0 Å². The molecule has 0 aliphatic carbocycles. The van der Waals surface area contributed by atoms with Crippen molar-refractivity contribution in [3.8, 4) is 23.2 Å². The minimum atomic E-state index is -4.78. The normalized spacial score (nSPS) is 11.0. The highest BCUT2D eigenvalue weighted by molar-refractivity contribution is 5.97. The Labute approximate surface area is 165 Å². The number of hydrogen-bond donors (Lipinski definition) is 0. The van der Waals surface area contributed by atoms with E-state index in [9.17, 15) is 23.2 Å². The molecule has 146 valence electrons. The number of halogens is 3. The van der Waals surface area contributed by atoms with Crippen molar-refractivity contribution in [1.29, 1.82) is 5.26 Å². The van der Waals surface area contributed by atoms with Gasteiger partial charge in [0.2, 0.25) is 5.88 Å². The molecule has 1 aromatic heterocycles. The summed E-state index contributed by atoms with van der Waals surface area (Å²) in [5, 5.41) is 9.29. The summed E-state index contributed by atoms with van der Waals surface area (Å²) in [6.45, 7) is 1.31. The number of alkyl halides is 3. The van der Waals surface area contributed by atoms with Gasteiger partial charge in [-0.05, 0) is 13.0 Å². The number of carbonyl (C=O) groups excluding carboxylic acids is 1. The maximum atomic E-state index is 13.5. The highest BCUT2D eigenvalue weighted by Crippen LogP contribution is 2.37. The minimum absolute atomic E-state index is 0.00140. The first-order valence-electron chi connectivity index (χ1n) is 8.60. The molecule has 0 aliphatic heterocycles. The van der Waals surface area contributed by atoms with Gasteiger partial charge in [-0.2, -0.15) is 18.4 Å². The summed E-state index contributed by atoms with van der Waals surface area (Å²) in [4.78, 5) is 16.3. The Kier molecular flexibility index (Phi) is 5.64. The van der Waals surface area contributed by atoms with Gasteiger partial charge in [0.1, 0.15) is 11.6 Å². The van der Waals surface area contributed by atoms with Gasteiger partial charge in [-0.3, -0.25) is 4.79 Å². The summed E-state index contributed by atoms with van der Waals surface area (Å²) in [6, 6.07) is 17.2. The van der Waals surface area contributed by atoms with Crippen LogP contribution < -0.4 is 4.74 Å². The lowest BCUT2D eigenvalue weighted by molar-refractivity contribution is -0.137. The smallest absolute Gasteiger partial charge is 0.417 e. The first kappa shape index (κ1) is 20.1. The molecule has 4 nitrogen and oxygen atoms in total. The van der Waals surface area contributed by atoms with Crippen LogP contribution >= 0.6 is 0 Å². The number of aromatic nitrogens is 1. The number of hydrogen-bond acceptors (Lipinski definition) is 4. The molecule has 0 saturated carbocycles. The Morgan fingerprint density at radius 2 is 1.76 bits per heavy atom. The molecule has 0 bridgehead atoms. The number of nitriles is 1. The molecule has 2 aromatic carbocycles. The minimum Gasteiger partial charge on any atom is -0.468 e. The van der Waals surface area contributed by atoms with Crippen LogP contribution in [0.25, 0.3) is 11.3 Å². The summed E-state index contributed by atoms with van der Waals surface area (Å²) >= 11 is 0. The topological polar surface area (TPSA) is 63.0 Å². The van der Waals surface area contributed by atoms with Crippen molar-refractivity contribution in [2.24, 2.45) is 0 Å². The van der Waals surface area contributed by atoms with E-state index in [0.29, 0.717) is 11.1 Å². The number of ether oxygens (including phenoxy) is 1. The molecule has 0 radical (unpaired) electrons. The van der Waals surface area contributed by atoms with E-state index in [1.165, 1.54) is 6.07 Å². The molecule has 0 amide bonds. The van der Waals surface area contributed by atoms with E-state index in [4.69, 9.17) is 4.74 Å². The largest absolute Gasteiger partial charge is 0.468 e. The third-order valence-electron chi connectivity index (χ3n) is 4.19. The fraction of sp³-hybridized carbons (Fsp3) is 0.136. The number of pyridine rings is 1. The Morgan fingerprint density at radius 1 is 1.10 bits per heavy atom. The van der Waals surface area contributed by atoms with Crippen molar-refractivity contribution in [1.82, 2.24) is 4.98 Å². The van der Waals surface area contributed by atoms with Gasteiger partial charge in [0.15, 0.2) is 12.4 Å². The zero-order valence-corrected chi connectivity index (χ0v) is 15.3. The number of rotatable bonds is 5. The van der Waals surface area contributed by atoms with Crippen LogP contribution in [0.1, 0.15) is 27.0 Å². The summed E-state index contributed by atoms with van der Waals surface area (Å²) in [5.74, 6) is -0.965. The lowest BCUT2D eigenvalue weighted by atomic mass is 10.0. The molecular weight excluding hydrogens is 381 g/mol. The second-order valence-electron chi connectivity index (χ2n) is 6.29. The number of nitrogens with zero attached hydrogens (tertiary/aromatic N) is 2. The lowest BCUT2D eigenvalue weighted by Gasteiger charge is -2.15. The van der Waals surface area contributed by atoms with E-state index in [0.717, 1.165) is 11.6 Å². The van der Waals surface area contributed by atoms with Crippen LogP contribution in [0, 0.1) is 18.3 Å². The third kappa shape index (κ3) is 4.61. The predicted octanol–water partition coefficient (Wildman–Crippen LogP) is 5.21. The van der Waals surface area contributed by atoms with Gasteiger partial charge in [0, 0.05) is 11.1 Å². The molecule has 3 rings (SSSR count). The monoisotopic (exact) mass is 396 g/mol. The molecule has 0 N–H and O–H groups in total. The number of ketones is 1. The quantitative estimate of drug-likeness (QED) is 0.556. The van der Waals surface area contributed by atoms with Crippen molar-refractivity contribution in [3.63, 3.8) is 0 Å². The van der Waals surface area contributed by atoms with Crippen LogP contribution in [0.4, 0.5) is 13.2 Å². The average Bonchev–Trinajstić information content (AvgIpc) is 2.71. The van der Waals surface area contributed by atoms with Crippen molar-refractivity contribution < 1.29 is 22.7 Å². The molecule has 0 fully saturated rings. The maximum absolute atomic E-state index is 13.5. The van der Waals surface area contributed by atoms with Crippen LogP contribution in [0.2, 0.25) is 0 Å². The van der Waals surface area contributed by atoms with E-state index < -0.39 is 35.6 Å². The van der Waals surface area contributed by atoms with Gasteiger partial charge in [-0.1, -0.05) is 60.2 Å². The van der Waals surface area contributed by atoms with Crippen molar-refractivity contribution in [3.05, 3.63) is 82.9 Å². The maximum Gasteiger partial charge on any atom is 0.417 e. The van der Waals surface area contributed by atoms with Crippen LogP contribution in [0.3, 0.4) is 0 Å². The van der Waals surface area contributed by atoms with Crippen molar-refractivity contribution >= 4 is 5.78 Å². The fourth-order valence-corrected chi connectivity index (χ4v) is 2.67. The zero-order chi connectivity index (χ0) is 21.0. The summed E-state index contributed by atoms with van der Waals surface area (Å²) in [6.07, 6.45) is -4.78. The average molecular weight is 396 g/mol. The molecule has 1 heterocycles. The summed E-state index contributed by atoms with van der Waals surface area (Å²) in [7, 11) is 0. The van der Waals surface area contributed by atoms with E-state index in [-0.39, 0.29) is 5.69 Å². The van der Waals surface area contributed by atoms with Crippen molar-refractivity contribution in [2.45, 2.75) is 13.1 Å². The van der Waals surface area contributed by atoms with Crippen LogP contribution in [-0.2, 0) is 6.18 Å². The van der Waals surface area contributed by atoms with Gasteiger partial charge in [0.25, 0.3) is 0 Å². The van der Waals surface area contributed by atoms with Gasteiger partial charge in [-0.25, -0.2) is 4.98 Å². The fourth-order valence-electron chi connectivity index (χ4n) is 2.67. The van der Waals surface area contributed by atoms with E-state index in [1.54, 1.807) is 54.6 Å². The standard InChI is InChI=1S/C22H15F3N2O2/c1-14-7-9-15(10-8-14)19-11-18(22(23,24)25)17(12-26)21(27-19)29-13-20(28)16-5-3-2-4-6-16/h2-11H,13H2,1H3. The molecule has 3 aromatic rings. The summed E-state index contributed by atoms with van der Waals surface area (Å²) in [5.41, 5.74) is -0.203. The first-order valence-corrected chi connectivity index (χ1v) is 8.60. The highest BCUT2D eigenvalue weighted by atomic mass is 19.4. The first-order chi connectivity index (χ1) is 13.8. The van der Waals surface area contributed by atoms with E-state index in [2.05, 4.69) is 4.98 Å². The molecule has 0 spiro atoms. The number of aryl methyl sites for hydroxylation is 1. The Morgan fingerprint density at radius 3 is 2.34 bits per heavy atom. The van der Waals surface area contributed by atoms with Crippen LogP contribution in [0.15, 0.2) is 60.7 Å². The van der Waals surface area contributed by atoms with Gasteiger partial charge in [-0.15, -0.1) is 0 Å². The van der Waals surface area contributed by atoms with E-state index in [1.807, 2.05) is 6.92 Å². The Bertz CT molecular complexity index is 1070. The SMILES string of the molecule is Cc1ccc(-c2cc(C(F)(F)F)c(C#N)c(OCC(=O)c3ccccc3)n2)cc1. The van der Waals surface area contributed by atoms with Crippen LogP contribution in [0.5, 0.6) is 5.88 Å². The van der Waals surface area contributed by atoms with Gasteiger partial charge < -0.3 is 4.74 Å². The highest BCUT2D eigenvalue weighted by Gasteiger charge is 2.36. The third-order valence-corrected chi connectivity index (χ3v) is 4.19. The van der Waals surface area contributed by atoms with Crippen LogP contribution in [-0.4, -0.2) is 17.4 Å². The molecule has 0 saturated heterocycles. The molecule has 0 unspecified atom stereocenters. The zero-order valence-electron chi connectivity index (χ0n) is 15.3. The molecule has 0 aliphatic rings. The molecule has 0 atom stereocenters. The summed E-state index contributed by atoms with van der Waals surface area (Å²) < 4.78 is 45.9. The number of Topliss-reactive ketones (excluding diaryl/α,β-unsaturated/α-hetero) is 1. The van der Waals surface area contributed by atoms with Gasteiger partial charge in [0.05, 0.1) is 11.3 Å².